The summed E-state index contributed by atoms with van der Waals surface area (Å²) in [6.45, 7) is 8.11. The van der Waals surface area contributed by atoms with Crippen molar-refractivity contribution in [2.24, 2.45) is 0 Å². The van der Waals surface area contributed by atoms with Crippen molar-refractivity contribution in [3.8, 4) is 5.75 Å². The van der Waals surface area contributed by atoms with Crippen LogP contribution in [0.3, 0.4) is 0 Å². The Bertz CT molecular complexity index is 1070. The van der Waals surface area contributed by atoms with Crippen molar-refractivity contribution in [2.45, 2.75) is 25.9 Å². The highest BCUT2D eigenvalue weighted by Gasteiger charge is 2.25. The first kappa shape index (κ1) is 21.4. The minimum Gasteiger partial charge on any atom is -0.493 e. The first-order valence-corrected chi connectivity index (χ1v) is 12.2. The molecule has 0 unspecified atom stereocenters. The molecular weight excluding hydrogens is 420 g/mol. The number of hydrogen-bond donors (Lipinski definition) is 0. The summed E-state index contributed by atoms with van der Waals surface area (Å²) >= 11 is 1.67. The van der Waals surface area contributed by atoms with E-state index in [0.717, 1.165) is 62.0 Å². The van der Waals surface area contributed by atoms with Crippen molar-refractivity contribution in [2.75, 3.05) is 46.4 Å². The van der Waals surface area contributed by atoms with Crippen LogP contribution >= 0.6 is 11.3 Å². The summed E-state index contributed by atoms with van der Waals surface area (Å²) in [5.41, 5.74) is 3.69. The zero-order valence-electron chi connectivity index (χ0n) is 18.8. The summed E-state index contributed by atoms with van der Waals surface area (Å²) in [7, 11) is 1.90. The van der Waals surface area contributed by atoms with Gasteiger partial charge in [-0.2, -0.15) is 0 Å². The standard InChI is InChI=1S/C25H30N4O2S/c1-18(25-26-21-5-3-4-6-23(21)32-25)27(2)24(30)17-29-12-10-28(11-13-29)16-19-7-8-22-20(15-19)9-14-31-22/h3-8,15,18H,9-14,16-17H2,1-2H3/t18-/m0/s1. The fraction of sp³-hybridized carbons (Fsp3) is 0.440. The number of likely N-dealkylation sites (N-methyl/N-ethyl adjacent to an activating group) is 1. The Hall–Kier alpha value is -2.48. The monoisotopic (exact) mass is 450 g/mol. The van der Waals surface area contributed by atoms with Gasteiger partial charge >= 0.3 is 0 Å². The molecule has 1 amide bonds. The third-order valence-electron chi connectivity index (χ3n) is 6.63. The van der Waals surface area contributed by atoms with E-state index in [1.165, 1.54) is 15.8 Å². The Labute approximate surface area is 193 Å². The number of ether oxygens (including phenoxy) is 1. The van der Waals surface area contributed by atoms with Crippen molar-refractivity contribution in [3.63, 3.8) is 0 Å². The van der Waals surface area contributed by atoms with Crippen LogP contribution in [0, 0.1) is 0 Å². The molecule has 0 aliphatic carbocycles. The number of rotatable bonds is 6. The largest absolute Gasteiger partial charge is 0.493 e. The molecule has 0 N–H and O–H groups in total. The van der Waals surface area contributed by atoms with Gasteiger partial charge in [-0.15, -0.1) is 11.3 Å². The molecule has 1 saturated heterocycles. The van der Waals surface area contributed by atoms with Gasteiger partial charge < -0.3 is 9.64 Å². The highest BCUT2D eigenvalue weighted by Crippen LogP contribution is 2.29. The number of carbonyl (C=O) groups excluding carboxylic acids is 1. The lowest BCUT2D eigenvalue weighted by atomic mass is 10.1. The maximum absolute atomic E-state index is 13.0. The predicted molar refractivity (Wildman–Crippen MR) is 128 cm³/mol. The van der Waals surface area contributed by atoms with Gasteiger partial charge in [-0.1, -0.05) is 24.3 Å². The summed E-state index contributed by atoms with van der Waals surface area (Å²) in [5.74, 6) is 1.20. The van der Waals surface area contributed by atoms with Crippen LogP contribution in [-0.4, -0.2) is 72.0 Å². The molecule has 2 aliphatic heterocycles. The maximum atomic E-state index is 13.0. The van der Waals surface area contributed by atoms with Crippen molar-refractivity contribution in [1.82, 2.24) is 19.7 Å². The second-order valence-corrected chi connectivity index (χ2v) is 9.86. The zero-order valence-corrected chi connectivity index (χ0v) is 19.6. The molecule has 0 saturated carbocycles. The summed E-state index contributed by atoms with van der Waals surface area (Å²) in [4.78, 5) is 24.3. The molecule has 0 bridgehead atoms. The van der Waals surface area contributed by atoms with Gasteiger partial charge in [0.25, 0.3) is 0 Å². The first-order chi connectivity index (χ1) is 15.6. The number of para-hydroxylation sites is 1. The molecule has 2 aromatic carbocycles. The van der Waals surface area contributed by atoms with Gasteiger partial charge in [0.15, 0.2) is 0 Å². The summed E-state index contributed by atoms with van der Waals surface area (Å²) in [5, 5.41) is 0.992. The highest BCUT2D eigenvalue weighted by atomic mass is 32.1. The van der Waals surface area contributed by atoms with Crippen molar-refractivity contribution in [1.29, 1.82) is 0 Å². The second-order valence-electron chi connectivity index (χ2n) is 8.79. The minimum atomic E-state index is -0.0232. The minimum absolute atomic E-state index is 0.0232. The Morgan fingerprint density at radius 3 is 2.75 bits per heavy atom. The smallest absolute Gasteiger partial charge is 0.237 e. The van der Waals surface area contributed by atoms with Gasteiger partial charge in [-0.25, -0.2) is 4.98 Å². The van der Waals surface area contributed by atoms with Crippen LogP contribution in [-0.2, 0) is 17.8 Å². The molecule has 32 heavy (non-hydrogen) atoms. The lowest BCUT2D eigenvalue weighted by molar-refractivity contribution is -0.133. The zero-order chi connectivity index (χ0) is 22.1. The van der Waals surface area contributed by atoms with E-state index in [2.05, 4.69) is 41.0 Å². The number of thiazole rings is 1. The molecule has 1 atom stereocenters. The van der Waals surface area contributed by atoms with Crippen LogP contribution in [0.15, 0.2) is 42.5 Å². The molecule has 0 radical (unpaired) electrons. The molecule has 6 nitrogen and oxygen atoms in total. The molecule has 7 heteroatoms. The van der Waals surface area contributed by atoms with Crippen LogP contribution in [0.2, 0.25) is 0 Å². The van der Waals surface area contributed by atoms with Gasteiger partial charge in [-0.3, -0.25) is 14.6 Å². The number of amides is 1. The molecule has 2 aliphatic rings. The third-order valence-corrected chi connectivity index (χ3v) is 7.83. The van der Waals surface area contributed by atoms with Crippen molar-refractivity contribution >= 4 is 27.5 Å². The lowest BCUT2D eigenvalue weighted by Crippen LogP contribution is -2.49. The molecule has 168 valence electrons. The van der Waals surface area contributed by atoms with E-state index < -0.39 is 0 Å². The molecule has 0 spiro atoms. The van der Waals surface area contributed by atoms with E-state index in [1.807, 2.05) is 30.1 Å². The van der Waals surface area contributed by atoms with Crippen molar-refractivity contribution in [3.05, 3.63) is 58.6 Å². The van der Waals surface area contributed by atoms with Gasteiger partial charge in [0.2, 0.25) is 5.91 Å². The van der Waals surface area contributed by atoms with Crippen molar-refractivity contribution < 1.29 is 9.53 Å². The average molecular weight is 451 g/mol. The normalized spacial score (nSPS) is 17.8. The van der Waals surface area contributed by atoms with E-state index in [-0.39, 0.29) is 11.9 Å². The number of piperazine rings is 1. The second kappa shape index (κ2) is 9.17. The fourth-order valence-electron chi connectivity index (χ4n) is 4.46. The van der Waals surface area contributed by atoms with E-state index in [0.29, 0.717) is 6.54 Å². The van der Waals surface area contributed by atoms with Crippen LogP contribution < -0.4 is 4.74 Å². The molecule has 3 aromatic rings. The van der Waals surface area contributed by atoms with E-state index in [9.17, 15) is 4.79 Å². The molecule has 1 aromatic heterocycles. The molecule has 1 fully saturated rings. The van der Waals surface area contributed by atoms with E-state index >= 15 is 0 Å². The topological polar surface area (TPSA) is 48.9 Å². The number of benzene rings is 2. The summed E-state index contributed by atoms with van der Waals surface area (Å²) < 4.78 is 6.78. The van der Waals surface area contributed by atoms with Gasteiger partial charge in [0, 0.05) is 46.2 Å². The fourth-order valence-corrected chi connectivity index (χ4v) is 5.52. The number of nitrogens with zero attached hydrogens (tertiary/aromatic N) is 4. The lowest BCUT2D eigenvalue weighted by Gasteiger charge is -2.35. The van der Waals surface area contributed by atoms with Gasteiger partial charge in [0.1, 0.15) is 10.8 Å². The Balaban J connectivity index is 1.12. The first-order valence-electron chi connectivity index (χ1n) is 11.4. The number of hydrogen-bond acceptors (Lipinski definition) is 6. The highest BCUT2D eigenvalue weighted by molar-refractivity contribution is 7.18. The third kappa shape index (κ3) is 4.51. The van der Waals surface area contributed by atoms with E-state index in [4.69, 9.17) is 9.72 Å². The Kier molecular flexibility index (Phi) is 6.13. The summed E-state index contributed by atoms with van der Waals surface area (Å²) in [6, 6.07) is 14.7. The maximum Gasteiger partial charge on any atom is 0.237 e. The number of aromatic nitrogens is 1. The number of carbonyl (C=O) groups is 1. The van der Waals surface area contributed by atoms with Gasteiger partial charge in [0.05, 0.1) is 29.4 Å². The van der Waals surface area contributed by atoms with Crippen LogP contribution in [0.5, 0.6) is 5.75 Å². The van der Waals surface area contributed by atoms with Gasteiger partial charge in [-0.05, 0) is 36.2 Å². The predicted octanol–water partition coefficient (Wildman–Crippen LogP) is 3.57. The SMILES string of the molecule is C[C@@H](c1nc2ccccc2s1)N(C)C(=O)CN1CCN(Cc2ccc3c(c2)CCO3)CC1. The Morgan fingerprint density at radius 1 is 1.16 bits per heavy atom. The van der Waals surface area contributed by atoms with Crippen LogP contribution in [0.4, 0.5) is 0 Å². The van der Waals surface area contributed by atoms with Crippen LogP contribution in [0.25, 0.3) is 10.2 Å². The molecule has 3 heterocycles. The number of fused-ring (bicyclic) bond motifs is 2. The van der Waals surface area contributed by atoms with E-state index in [1.54, 1.807) is 11.3 Å². The molecule has 5 rings (SSSR count). The molecular formula is C25H30N4O2S. The van der Waals surface area contributed by atoms with Crippen LogP contribution in [0.1, 0.15) is 29.1 Å². The Morgan fingerprint density at radius 2 is 1.94 bits per heavy atom. The average Bonchev–Trinajstić information content (AvgIpc) is 3.46. The quantitative estimate of drug-likeness (QED) is 0.575. The summed E-state index contributed by atoms with van der Waals surface area (Å²) in [6.07, 6.45) is 1.02.